The summed E-state index contributed by atoms with van der Waals surface area (Å²) in [5.74, 6) is 1.01. The van der Waals surface area contributed by atoms with Crippen LogP contribution in [0.4, 0.5) is 0 Å². The lowest BCUT2D eigenvalue weighted by molar-refractivity contribution is 0.216. The van der Waals surface area contributed by atoms with Crippen LogP contribution in [0, 0.1) is 0 Å². The fourth-order valence-electron chi connectivity index (χ4n) is 2.33. The topological polar surface area (TPSA) is 24.5 Å². The first kappa shape index (κ1) is 16.0. The average molecular weight is 264 g/mol. The van der Waals surface area contributed by atoms with Crippen molar-refractivity contribution < 1.29 is 4.74 Å². The molecule has 0 aromatic heterocycles. The highest BCUT2D eigenvalue weighted by molar-refractivity contribution is 5.35. The molecule has 0 aliphatic heterocycles. The van der Waals surface area contributed by atoms with Gasteiger partial charge in [-0.05, 0) is 33.0 Å². The molecule has 0 saturated carbocycles. The minimum atomic E-state index is 0.381. The molecule has 1 N–H and O–H groups in total. The van der Waals surface area contributed by atoms with Gasteiger partial charge in [0.15, 0.2) is 0 Å². The van der Waals surface area contributed by atoms with Crippen molar-refractivity contribution in [2.75, 3.05) is 32.8 Å². The number of hydrogen-bond donors (Lipinski definition) is 1. The highest BCUT2D eigenvalue weighted by atomic mass is 16.5. The number of para-hydroxylation sites is 1. The van der Waals surface area contributed by atoms with Gasteiger partial charge in [-0.15, -0.1) is 0 Å². The molecular weight excluding hydrogens is 236 g/mol. The van der Waals surface area contributed by atoms with E-state index in [-0.39, 0.29) is 0 Å². The molecule has 108 valence electrons. The third kappa shape index (κ3) is 4.84. The Hall–Kier alpha value is -1.06. The van der Waals surface area contributed by atoms with Gasteiger partial charge in [-0.25, -0.2) is 0 Å². The number of likely N-dealkylation sites (N-methyl/N-ethyl adjacent to an activating group) is 2. The molecule has 0 heterocycles. The molecule has 1 atom stereocenters. The number of nitrogens with zero attached hydrogens (tertiary/aromatic N) is 1. The fraction of sp³-hybridized carbons (Fsp3) is 0.625. The SMILES string of the molecule is CCNCCN(CC)C(C)c1ccccc1OCC. The van der Waals surface area contributed by atoms with E-state index in [1.807, 2.05) is 13.0 Å². The van der Waals surface area contributed by atoms with Crippen LogP contribution >= 0.6 is 0 Å². The molecule has 1 rings (SSSR count). The van der Waals surface area contributed by atoms with Gasteiger partial charge in [0, 0.05) is 24.7 Å². The molecule has 0 spiro atoms. The summed E-state index contributed by atoms with van der Waals surface area (Å²) in [6, 6.07) is 8.74. The molecule has 19 heavy (non-hydrogen) atoms. The first-order valence-electron chi connectivity index (χ1n) is 7.41. The van der Waals surface area contributed by atoms with E-state index in [4.69, 9.17) is 4.74 Å². The molecule has 0 bridgehead atoms. The van der Waals surface area contributed by atoms with Gasteiger partial charge in [-0.2, -0.15) is 0 Å². The van der Waals surface area contributed by atoms with Crippen molar-refractivity contribution in [3.05, 3.63) is 29.8 Å². The minimum absolute atomic E-state index is 0.381. The second-order valence-electron chi connectivity index (χ2n) is 4.63. The molecule has 0 amide bonds. The van der Waals surface area contributed by atoms with Gasteiger partial charge in [0.1, 0.15) is 5.75 Å². The number of benzene rings is 1. The van der Waals surface area contributed by atoms with Crippen LogP contribution in [0.2, 0.25) is 0 Å². The Labute approximate surface area is 118 Å². The predicted molar refractivity (Wildman–Crippen MR) is 81.8 cm³/mol. The first-order valence-corrected chi connectivity index (χ1v) is 7.41. The first-order chi connectivity index (χ1) is 9.24. The Kier molecular flexibility index (Phi) is 7.53. The molecule has 0 radical (unpaired) electrons. The highest BCUT2D eigenvalue weighted by Crippen LogP contribution is 2.28. The number of rotatable bonds is 9. The Morgan fingerprint density at radius 1 is 1.21 bits per heavy atom. The molecule has 0 saturated heterocycles. The second kappa shape index (κ2) is 8.94. The van der Waals surface area contributed by atoms with E-state index in [9.17, 15) is 0 Å². The van der Waals surface area contributed by atoms with E-state index in [1.54, 1.807) is 0 Å². The molecule has 1 aromatic rings. The van der Waals surface area contributed by atoms with Gasteiger partial charge < -0.3 is 10.1 Å². The Morgan fingerprint density at radius 2 is 1.95 bits per heavy atom. The maximum absolute atomic E-state index is 5.74. The van der Waals surface area contributed by atoms with Crippen LogP contribution in [-0.2, 0) is 0 Å². The Morgan fingerprint density at radius 3 is 2.58 bits per heavy atom. The third-order valence-electron chi connectivity index (χ3n) is 3.45. The van der Waals surface area contributed by atoms with Gasteiger partial charge in [-0.1, -0.05) is 32.0 Å². The summed E-state index contributed by atoms with van der Waals surface area (Å²) in [5, 5.41) is 3.39. The molecule has 0 aliphatic rings. The quantitative estimate of drug-likeness (QED) is 0.694. The van der Waals surface area contributed by atoms with Crippen molar-refractivity contribution in [3.63, 3.8) is 0 Å². The van der Waals surface area contributed by atoms with Crippen molar-refractivity contribution in [2.24, 2.45) is 0 Å². The molecule has 1 unspecified atom stereocenters. The van der Waals surface area contributed by atoms with Crippen molar-refractivity contribution >= 4 is 0 Å². The lowest BCUT2D eigenvalue weighted by atomic mass is 10.1. The van der Waals surface area contributed by atoms with Gasteiger partial charge >= 0.3 is 0 Å². The van der Waals surface area contributed by atoms with E-state index in [2.05, 4.69) is 49.2 Å². The van der Waals surface area contributed by atoms with Crippen LogP contribution in [0.15, 0.2) is 24.3 Å². The molecular formula is C16H28N2O. The predicted octanol–water partition coefficient (Wildman–Crippen LogP) is 3.08. The lowest BCUT2D eigenvalue weighted by Gasteiger charge is -2.29. The van der Waals surface area contributed by atoms with Gasteiger partial charge in [0.05, 0.1) is 6.61 Å². The summed E-state index contributed by atoms with van der Waals surface area (Å²) >= 11 is 0. The van der Waals surface area contributed by atoms with Crippen molar-refractivity contribution in [1.82, 2.24) is 10.2 Å². The molecule has 1 aromatic carbocycles. The third-order valence-corrected chi connectivity index (χ3v) is 3.45. The summed E-state index contributed by atoms with van der Waals surface area (Å²) < 4.78 is 5.74. The van der Waals surface area contributed by atoms with E-state index in [1.165, 1.54) is 5.56 Å². The van der Waals surface area contributed by atoms with Crippen LogP contribution in [0.5, 0.6) is 5.75 Å². The van der Waals surface area contributed by atoms with E-state index < -0.39 is 0 Å². The van der Waals surface area contributed by atoms with Crippen molar-refractivity contribution in [3.8, 4) is 5.75 Å². The van der Waals surface area contributed by atoms with Crippen molar-refractivity contribution in [1.29, 1.82) is 0 Å². The number of ether oxygens (including phenoxy) is 1. The fourth-order valence-corrected chi connectivity index (χ4v) is 2.33. The summed E-state index contributed by atoms with van der Waals surface area (Å²) in [6.07, 6.45) is 0. The zero-order valence-corrected chi connectivity index (χ0v) is 12.8. The molecule has 3 heteroatoms. The van der Waals surface area contributed by atoms with E-state index >= 15 is 0 Å². The summed E-state index contributed by atoms with van der Waals surface area (Å²) in [6.45, 7) is 13.5. The largest absolute Gasteiger partial charge is 0.494 e. The zero-order valence-electron chi connectivity index (χ0n) is 12.8. The minimum Gasteiger partial charge on any atom is -0.494 e. The number of hydrogen-bond acceptors (Lipinski definition) is 3. The molecule has 0 aliphatic carbocycles. The van der Waals surface area contributed by atoms with Crippen molar-refractivity contribution in [2.45, 2.75) is 33.7 Å². The normalized spacial score (nSPS) is 12.7. The zero-order chi connectivity index (χ0) is 14.1. The van der Waals surface area contributed by atoms with Gasteiger partial charge in [0.2, 0.25) is 0 Å². The maximum Gasteiger partial charge on any atom is 0.124 e. The van der Waals surface area contributed by atoms with Gasteiger partial charge in [0.25, 0.3) is 0 Å². The van der Waals surface area contributed by atoms with Crippen LogP contribution < -0.4 is 10.1 Å². The maximum atomic E-state index is 5.74. The summed E-state index contributed by atoms with van der Waals surface area (Å²) in [4.78, 5) is 2.47. The molecule has 3 nitrogen and oxygen atoms in total. The smallest absolute Gasteiger partial charge is 0.124 e. The van der Waals surface area contributed by atoms with Crippen LogP contribution in [0.3, 0.4) is 0 Å². The van der Waals surface area contributed by atoms with Gasteiger partial charge in [-0.3, -0.25) is 4.90 Å². The lowest BCUT2D eigenvalue weighted by Crippen LogP contribution is -2.34. The average Bonchev–Trinajstić information content (AvgIpc) is 2.44. The monoisotopic (exact) mass is 264 g/mol. The number of nitrogens with one attached hydrogen (secondary N) is 1. The summed E-state index contributed by atoms with van der Waals surface area (Å²) in [5.41, 5.74) is 1.28. The van der Waals surface area contributed by atoms with E-state index in [0.717, 1.165) is 31.9 Å². The highest BCUT2D eigenvalue weighted by Gasteiger charge is 2.17. The van der Waals surface area contributed by atoms with Crippen LogP contribution in [-0.4, -0.2) is 37.7 Å². The summed E-state index contributed by atoms with van der Waals surface area (Å²) in [7, 11) is 0. The second-order valence-corrected chi connectivity index (χ2v) is 4.63. The van der Waals surface area contributed by atoms with Crippen LogP contribution in [0.25, 0.3) is 0 Å². The van der Waals surface area contributed by atoms with Crippen LogP contribution in [0.1, 0.15) is 39.3 Å². The Bertz CT molecular complexity index is 354. The Balaban J connectivity index is 2.75. The standard InChI is InChI=1S/C16H28N2O/c1-5-17-12-13-18(6-2)14(4)15-10-8-9-11-16(15)19-7-3/h8-11,14,17H,5-7,12-13H2,1-4H3. The van der Waals surface area contributed by atoms with E-state index in [0.29, 0.717) is 12.6 Å². The molecule has 0 fully saturated rings.